The topological polar surface area (TPSA) is 58.6 Å². The minimum Gasteiger partial charge on any atom is -0.484 e. The smallest absolute Gasteiger partial charge is 0.261 e. The molecule has 2 aromatic rings. The van der Waals surface area contributed by atoms with Crippen LogP contribution < -0.4 is 10.1 Å². The zero-order valence-corrected chi connectivity index (χ0v) is 18.9. The minimum atomic E-state index is -0.621. The van der Waals surface area contributed by atoms with Crippen LogP contribution in [0.4, 0.5) is 0 Å². The van der Waals surface area contributed by atoms with E-state index in [2.05, 4.69) is 19.2 Å². The summed E-state index contributed by atoms with van der Waals surface area (Å²) in [4.78, 5) is 27.3. The molecule has 0 heterocycles. The summed E-state index contributed by atoms with van der Waals surface area (Å²) in [6, 6.07) is 16.8. The molecule has 0 aliphatic heterocycles. The van der Waals surface area contributed by atoms with Crippen molar-refractivity contribution in [3.63, 3.8) is 0 Å². The molecule has 0 unspecified atom stereocenters. The first kappa shape index (κ1) is 23.5. The van der Waals surface area contributed by atoms with Crippen LogP contribution >= 0.6 is 0 Å². The van der Waals surface area contributed by atoms with E-state index in [1.165, 1.54) is 5.56 Å². The monoisotopic (exact) mass is 410 g/mol. The van der Waals surface area contributed by atoms with Gasteiger partial charge in [0.15, 0.2) is 6.61 Å². The Hall–Kier alpha value is -2.82. The average molecular weight is 411 g/mol. The molecule has 2 rings (SSSR count). The van der Waals surface area contributed by atoms with Gasteiger partial charge in [0.25, 0.3) is 5.91 Å². The molecule has 162 valence electrons. The highest BCUT2D eigenvalue weighted by Crippen LogP contribution is 2.19. The Morgan fingerprint density at radius 1 is 0.967 bits per heavy atom. The first-order valence-electron chi connectivity index (χ1n) is 10.4. The number of rotatable bonds is 8. The molecule has 0 aliphatic carbocycles. The van der Waals surface area contributed by atoms with Crippen molar-refractivity contribution in [2.45, 2.75) is 65.6 Å². The van der Waals surface area contributed by atoms with Gasteiger partial charge in [-0.2, -0.15) is 0 Å². The van der Waals surface area contributed by atoms with E-state index in [0.29, 0.717) is 18.2 Å². The average Bonchev–Trinajstić information content (AvgIpc) is 2.69. The molecule has 1 N–H and O–H groups in total. The second-order valence-corrected chi connectivity index (χ2v) is 8.93. The van der Waals surface area contributed by atoms with Gasteiger partial charge in [0.2, 0.25) is 5.91 Å². The van der Waals surface area contributed by atoms with Gasteiger partial charge in [0, 0.05) is 12.1 Å². The van der Waals surface area contributed by atoms with Crippen LogP contribution in [0.1, 0.15) is 58.6 Å². The van der Waals surface area contributed by atoms with Crippen LogP contribution in [-0.4, -0.2) is 34.9 Å². The van der Waals surface area contributed by atoms with Crippen LogP contribution in [-0.2, 0) is 16.1 Å². The summed E-state index contributed by atoms with van der Waals surface area (Å²) in [5, 5.41) is 2.96. The number of carbonyl (C=O) groups is 2. The first-order chi connectivity index (χ1) is 14.1. The number of carbonyl (C=O) groups excluding carboxylic acids is 2. The molecule has 0 radical (unpaired) electrons. The zero-order valence-electron chi connectivity index (χ0n) is 18.9. The fourth-order valence-corrected chi connectivity index (χ4v) is 3.01. The quantitative estimate of drug-likeness (QED) is 0.696. The van der Waals surface area contributed by atoms with Crippen LogP contribution in [0.5, 0.6) is 5.75 Å². The van der Waals surface area contributed by atoms with E-state index in [0.717, 1.165) is 5.56 Å². The fourth-order valence-electron chi connectivity index (χ4n) is 3.01. The van der Waals surface area contributed by atoms with Gasteiger partial charge in [-0.15, -0.1) is 0 Å². The molecular formula is C25H34N2O3. The molecule has 0 bridgehead atoms. The van der Waals surface area contributed by atoms with Crippen molar-refractivity contribution in [1.29, 1.82) is 0 Å². The Morgan fingerprint density at radius 3 is 2.10 bits per heavy atom. The lowest BCUT2D eigenvalue weighted by atomic mass is 10.0. The highest BCUT2D eigenvalue weighted by atomic mass is 16.5. The molecule has 0 aliphatic rings. The SMILES string of the molecule is CC(C)c1ccc(OCC(=O)N(Cc2ccccc2)[C@H](C)C(=O)NC(C)(C)C)cc1. The number of ether oxygens (including phenoxy) is 1. The van der Waals surface area contributed by atoms with Crippen molar-refractivity contribution < 1.29 is 14.3 Å². The molecule has 2 aromatic carbocycles. The lowest BCUT2D eigenvalue weighted by Gasteiger charge is -2.31. The summed E-state index contributed by atoms with van der Waals surface area (Å²) in [6.45, 7) is 12.0. The molecule has 5 heteroatoms. The zero-order chi connectivity index (χ0) is 22.3. The summed E-state index contributed by atoms with van der Waals surface area (Å²) in [6.07, 6.45) is 0. The molecule has 1 atom stereocenters. The van der Waals surface area contributed by atoms with E-state index >= 15 is 0 Å². The summed E-state index contributed by atoms with van der Waals surface area (Å²) in [7, 11) is 0. The standard InChI is InChI=1S/C25H34N2O3/c1-18(2)21-12-14-22(15-13-21)30-17-23(28)27(16-20-10-8-7-9-11-20)19(3)24(29)26-25(4,5)6/h7-15,18-19H,16-17H2,1-6H3,(H,26,29)/t19-/m1/s1. The highest BCUT2D eigenvalue weighted by Gasteiger charge is 2.28. The largest absolute Gasteiger partial charge is 0.484 e. The van der Waals surface area contributed by atoms with E-state index in [-0.39, 0.29) is 24.0 Å². The van der Waals surface area contributed by atoms with Crippen LogP contribution in [0.2, 0.25) is 0 Å². The normalized spacial score (nSPS) is 12.4. The van der Waals surface area contributed by atoms with E-state index in [1.807, 2.05) is 75.4 Å². The van der Waals surface area contributed by atoms with Gasteiger partial charge in [-0.3, -0.25) is 9.59 Å². The number of hydrogen-bond donors (Lipinski definition) is 1. The summed E-state index contributed by atoms with van der Waals surface area (Å²) in [5.41, 5.74) is 1.80. The van der Waals surface area contributed by atoms with Crippen molar-refractivity contribution >= 4 is 11.8 Å². The Labute approximate surface area is 180 Å². The lowest BCUT2D eigenvalue weighted by Crippen LogP contribution is -2.53. The van der Waals surface area contributed by atoms with Gasteiger partial charge in [0.05, 0.1) is 0 Å². The third-order valence-corrected chi connectivity index (χ3v) is 4.77. The molecule has 5 nitrogen and oxygen atoms in total. The molecule has 0 fully saturated rings. The maximum Gasteiger partial charge on any atom is 0.261 e. The molecule has 0 aromatic heterocycles. The van der Waals surface area contributed by atoms with Crippen LogP contribution in [0.15, 0.2) is 54.6 Å². The van der Waals surface area contributed by atoms with Gasteiger partial charge in [0.1, 0.15) is 11.8 Å². The van der Waals surface area contributed by atoms with Crippen molar-refractivity contribution in [1.82, 2.24) is 10.2 Å². The molecule has 0 saturated heterocycles. The Morgan fingerprint density at radius 2 is 1.57 bits per heavy atom. The van der Waals surface area contributed by atoms with Crippen LogP contribution in [0, 0.1) is 0 Å². The van der Waals surface area contributed by atoms with Gasteiger partial charge in [-0.05, 0) is 56.9 Å². The van der Waals surface area contributed by atoms with Crippen molar-refractivity contribution in [3.8, 4) is 5.75 Å². The minimum absolute atomic E-state index is 0.124. The van der Waals surface area contributed by atoms with E-state index in [4.69, 9.17) is 4.74 Å². The van der Waals surface area contributed by atoms with Gasteiger partial charge in [-0.25, -0.2) is 0 Å². The van der Waals surface area contributed by atoms with E-state index in [9.17, 15) is 9.59 Å². The number of hydrogen-bond acceptors (Lipinski definition) is 3. The second kappa shape index (κ2) is 10.3. The maximum absolute atomic E-state index is 13.0. The van der Waals surface area contributed by atoms with Crippen LogP contribution in [0.25, 0.3) is 0 Å². The summed E-state index contributed by atoms with van der Waals surface area (Å²) >= 11 is 0. The molecule has 0 saturated carbocycles. The predicted molar refractivity (Wildman–Crippen MR) is 120 cm³/mol. The Bertz CT molecular complexity index is 824. The number of benzene rings is 2. The highest BCUT2D eigenvalue weighted by molar-refractivity contribution is 5.88. The van der Waals surface area contributed by atoms with Crippen LogP contribution in [0.3, 0.4) is 0 Å². The lowest BCUT2D eigenvalue weighted by molar-refractivity contribution is -0.142. The third kappa shape index (κ3) is 7.21. The molecule has 0 spiro atoms. The maximum atomic E-state index is 13.0. The van der Waals surface area contributed by atoms with Crippen molar-refractivity contribution in [2.24, 2.45) is 0 Å². The van der Waals surface area contributed by atoms with Crippen molar-refractivity contribution in [3.05, 3.63) is 65.7 Å². The molecular weight excluding hydrogens is 376 g/mol. The van der Waals surface area contributed by atoms with E-state index in [1.54, 1.807) is 11.8 Å². The number of nitrogens with one attached hydrogen (secondary N) is 1. The molecule has 2 amide bonds. The second-order valence-electron chi connectivity index (χ2n) is 8.93. The summed E-state index contributed by atoms with van der Waals surface area (Å²) < 4.78 is 5.73. The Balaban J connectivity index is 2.11. The van der Waals surface area contributed by atoms with Gasteiger partial charge >= 0.3 is 0 Å². The first-order valence-corrected chi connectivity index (χ1v) is 10.4. The summed E-state index contributed by atoms with van der Waals surface area (Å²) in [5.74, 6) is 0.653. The van der Waals surface area contributed by atoms with Gasteiger partial charge in [-0.1, -0.05) is 56.3 Å². The third-order valence-electron chi connectivity index (χ3n) is 4.77. The fraction of sp³-hybridized carbons (Fsp3) is 0.440. The van der Waals surface area contributed by atoms with E-state index < -0.39 is 6.04 Å². The number of amides is 2. The Kier molecular flexibility index (Phi) is 8.04. The predicted octanol–water partition coefficient (Wildman–Crippen LogP) is 4.52. The van der Waals surface area contributed by atoms with Gasteiger partial charge < -0.3 is 15.0 Å². The number of nitrogens with zero attached hydrogens (tertiary/aromatic N) is 1. The molecule has 30 heavy (non-hydrogen) atoms. The van der Waals surface area contributed by atoms with Crippen molar-refractivity contribution in [2.75, 3.05) is 6.61 Å².